The fourth-order valence-electron chi connectivity index (χ4n) is 6.76. The molecule has 6 fully saturated rings. The Morgan fingerprint density at radius 1 is 1.07 bits per heavy atom. The lowest BCUT2D eigenvalue weighted by Crippen LogP contribution is -2.87. The van der Waals surface area contributed by atoms with E-state index in [-0.39, 0.29) is 5.97 Å². The van der Waals surface area contributed by atoms with E-state index in [2.05, 4.69) is 6.92 Å². The minimum absolute atomic E-state index is 0.0623. The summed E-state index contributed by atoms with van der Waals surface area (Å²) >= 11 is 0. The van der Waals surface area contributed by atoms with Gasteiger partial charge in [0.05, 0.1) is 0 Å². The SMILES string of the molecule is CC(=O)O[C@H]1C2[C@@H]3C4[C@@H]2[C@@H]2C1[C@@H]3C42C. The van der Waals surface area contributed by atoms with Gasteiger partial charge in [-0.1, -0.05) is 6.92 Å². The monoisotopic (exact) mass is 190 g/mol. The van der Waals surface area contributed by atoms with Crippen LogP contribution < -0.4 is 0 Å². The van der Waals surface area contributed by atoms with Gasteiger partial charge in [0.2, 0.25) is 0 Å². The van der Waals surface area contributed by atoms with Crippen LogP contribution in [0.25, 0.3) is 0 Å². The van der Waals surface area contributed by atoms with Gasteiger partial charge in [0.25, 0.3) is 0 Å². The van der Waals surface area contributed by atoms with Crippen LogP contribution >= 0.6 is 0 Å². The van der Waals surface area contributed by atoms with Gasteiger partial charge in [-0.3, -0.25) is 4.79 Å². The molecule has 0 aromatic carbocycles. The Bertz CT molecular complexity index is 368. The molecule has 2 heteroatoms. The normalized spacial score (nSPS) is 77.9. The number of ether oxygens (including phenoxy) is 1. The molecule has 2 nitrogen and oxygen atoms in total. The predicted molar refractivity (Wildman–Crippen MR) is 48.1 cm³/mol. The van der Waals surface area contributed by atoms with Crippen molar-refractivity contribution in [1.82, 2.24) is 0 Å². The molecule has 0 radical (unpaired) electrons. The highest BCUT2D eigenvalue weighted by Crippen LogP contribution is 2.99. The van der Waals surface area contributed by atoms with Crippen LogP contribution in [0, 0.1) is 46.8 Å². The van der Waals surface area contributed by atoms with E-state index >= 15 is 0 Å². The summed E-state index contributed by atoms with van der Waals surface area (Å²) in [4.78, 5) is 11.0. The second-order valence-electron chi connectivity index (χ2n) is 6.33. The molecular formula is C12H14O2. The molecule has 6 rings (SSSR count). The number of carbonyl (C=O) groups is 1. The van der Waals surface area contributed by atoms with Crippen LogP contribution in [-0.2, 0) is 9.53 Å². The maximum absolute atomic E-state index is 11.0. The molecule has 6 saturated carbocycles. The van der Waals surface area contributed by atoms with Crippen molar-refractivity contribution >= 4 is 5.97 Å². The van der Waals surface area contributed by atoms with Crippen molar-refractivity contribution in [3.63, 3.8) is 0 Å². The fourth-order valence-corrected chi connectivity index (χ4v) is 6.76. The molecule has 0 N–H and O–H groups in total. The summed E-state index contributed by atoms with van der Waals surface area (Å²) in [6.45, 7) is 4.03. The van der Waals surface area contributed by atoms with E-state index in [1.165, 1.54) is 0 Å². The minimum Gasteiger partial charge on any atom is -0.462 e. The summed E-state index contributed by atoms with van der Waals surface area (Å²) in [7, 11) is 0. The molecular weight excluding hydrogens is 176 g/mol. The second kappa shape index (κ2) is 1.46. The largest absolute Gasteiger partial charge is 0.462 e. The summed E-state index contributed by atoms with van der Waals surface area (Å²) in [6.07, 6.45) is 0.337. The van der Waals surface area contributed by atoms with E-state index in [1.807, 2.05) is 0 Å². The smallest absolute Gasteiger partial charge is 0.302 e. The lowest BCUT2D eigenvalue weighted by molar-refractivity contribution is -0.440. The number of rotatable bonds is 1. The topological polar surface area (TPSA) is 26.3 Å². The Balaban J connectivity index is 1.57. The molecule has 0 aromatic rings. The van der Waals surface area contributed by atoms with E-state index in [0.717, 1.165) is 46.8 Å². The van der Waals surface area contributed by atoms with Crippen molar-refractivity contribution < 1.29 is 9.53 Å². The van der Waals surface area contributed by atoms with Crippen LogP contribution in [-0.4, -0.2) is 12.1 Å². The Labute approximate surface area is 83.0 Å². The van der Waals surface area contributed by atoms with Crippen molar-refractivity contribution in [2.24, 2.45) is 46.8 Å². The van der Waals surface area contributed by atoms with Crippen molar-refractivity contribution in [2.45, 2.75) is 20.0 Å². The highest BCUT2D eigenvalue weighted by atomic mass is 16.5. The van der Waals surface area contributed by atoms with E-state index in [4.69, 9.17) is 4.74 Å². The first kappa shape index (κ1) is 6.86. The zero-order valence-electron chi connectivity index (χ0n) is 8.44. The van der Waals surface area contributed by atoms with Crippen LogP contribution in [0.3, 0.4) is 0 Å². The standard InChI is InChI=1S/C12H14O2/c1-3(13)14-11-4-5-8-6(4)10-7(11)9(5)12(8,10)2/h4-11H,1-2H3/t4?,5-,6-,7?,8?,9-,10-,11+,12?/m1/s1. The van der Waals surface area contributed by atoms with Crippen molar-refractivity contribution in [1.29, 1.82) is 0 Å². The lowest BCUT2D eigenvalue weighted by atomic mass is 9.14. The maximum Gasteiger partial charge on any atom is 0.302 e. The molecule has 14 heavy (non-hydrogen) atoms. The van der Waals surface area contributed by atoms with Crippen molar-refractivity contribution in [3.05, 3.63) is 0 Å². The van der Waals surface area contributed by atoms with Gasteiger partial charge in [-0.05, 0) is 35.0 Å². The summed E-state index contributed by atoms with van der Waals surface area (Å²) < 4.78 is 5.52. The van der Waals surface area contributed by atoms with Crippen molar-refractivity contribution in [3.8, 4) is 0 Å². The molecule has 74 valence electrons. The van der Waals surface area contributed by atoms with Gasteiger partial charge in [-0.15, -0.1) is 0 Å². The molecule has 6 aliphatic carbocycles. The van der Waals surface area contributed by atoms with E-state index in [9.17, 15) is 4.79 Å². The molecule has 0 saturated heterocycles. The van der Waals surface area contributed by atoms with Crippen LogP contribution in [0.4, 0.5) is 0 Å². The third kappa shape index (κ3) is 0.333. The average molecular weight is 190 g/mol. The zero-order chi connectivity index (χ0) is 9.40. The Morgan fingerprint density at radius 2 is 1.64 bits per heavy atom. The minimum atomic E-state index is -0.0623. The molecule has 0 amide bonds. The van der Waals surface area contributed by atoms with Gasteiger partial charge in [0.1, 0.15) is 6.10 Å². The van der Waals surface area contributed by atoms with E-state index < -0.39 is 0 Å². The van der Waals surface area contributed by atoms with Gasteiger partial charge < -0.3 is 4.74 Å². The highest BCUT2D eigenvalue weighted by Gasteiger charge is 2.99. The summed E-state index contributed by atoms with van der Waals surface area (Å²) in [5.41, 5.74) is 0.728. The molecule has 0 aromatic heterocycles. The van der Waals surface area contributed by atoms with Crippen LogP contribution in [0.5, 0.6) is 0 Å². The second-order valence-corrected chi connectivity index (χ2v) is 6.33. The van der Waals surface area contributed by atoms with Gasteiger partial charge in [0.15, 0.2) is 0 Å². The molecule has 0 unspecified atom stereocenters. The Kier molecular flexibility index (Phi) is 0.718. The summed E-state index contributed by atoms with van der Waals surface area (Å²) in [6, 6.07) is 0. The summed E-state index contributed by atoms with van der Waals surface area (Å²) in [5.74, 6) is 6.44. The maximum atomic E-state index is 11.0. The number of carbonyl (C=O) groups excluding carboxylic acids is 1. The highest BCUT2D eigenvalue weighted by molar-refractivity contribution is 5.66. The predicted octanol–water partition coefficient (Wildman–Crippen LogP) is 1.31. The first-order chi connectivity index (χ1) is 6.67. The first-order valence-corrected chi connectivity index (χ1v) is 5.84. The molecule has 6 aliphatic rings. The van der Waals surface area contributed by atoms with Gasteiger partial charge in [0, 0.05) is 18.8 Å². The van der Waals surface area contributed by atoms with Crippen LogP contribution in [0.2, 0.25) is 0 Å². The van der Waals surface area contributed by atoms with E-state index in [0.29, 0.717) is 6.10 Å². The molecule has 0 spiro atoms. The summed E-state index contributed by atoms with van der Waals surface area (Å²) in [5, 5.41) is 0. The van der Waals surface area contributed by atoms with Crippen LogP contribution in [0.1, 0.15) is 13.8 Å². The third-order valence-corrected chi connectivity index (χ3v) is 6.59. The van der Waals surface area contributed by atoms with E-state index in [1.54, 1.807) is 6.92 Å². The van der Waals surface area contributed by atoms with Gasteiger partial charge in [-0.2, -0.15) is 0 Å². The number of esters is 1. The molecule has 2 bridgehead atoms. The average Bonchev–Trinajstić information content (AvgIpc) is 2.30. The lowest BCUT2D eigenvalue weighted by Gasteiger charge is -2.90. The Hall–Kier alpha value is -0.530. The molecule has 0 aliphatic heterocycles. The van der Waals surface area contributed by atoms with Gasteiger partial charge >= 0.3 is 5.97 Å². The van der Waals surface area contributed by atoms with Crippen molar-refractivity contribution in [2.75, 3.05) is 0 Å². The zero-order valence-corrected chi connectivity index (χ0v) is 8.44. The fraction of sp³-hybridized carbons (Fsp3) is 0.917. The van der Waals surface area contributed by atoms with Gasteiger partial charge in [-0.25, -0.2) is 0 Å². The third-order valence-electron chi connectivity index (χ3n) is 6.59. The number of hydrogen-bond donors (Lipinski definition) is 0. The molecule has 5 atom stereocenters. The Morgan fingerprint density at radius 3 is 2.14 bits per heavy atom. The first-order valence-electron chi connectivity index (χ1n) is 5.84. The van der Waals surface area contributed by atoms with Crippen LogP contribution in [0.15, 0.2) is 0 Å². The molecule has 0 heterocycles. The number of hydrogen-bond acceptors (Lipinski definition) is 2. The quantitative estimate of drug-likeness (QED) is 0.583.